The van der Waals surface area contributed by atoms with Crippen molar-refractivity contribution in [2.45, 2.75) is 11.3 Å². The first kappa shape index (κ1) is 14.6. The lowest BCUT2D eigenvalue weighted by Crippen LogP contribution is -2.14. The third kappa shape index (κ3) is 3.85. The molecule has 0 aliphatic carbocycles. The summed E-state index contributed by atoms with van der Waals surface area (Å²) >= 11 is 4.19. The highest BCUT2D eigenvalue weighted by molar-refractivity contribution is 7.80. The van der Waals surface area contributed by atoms with Gasteiger partial charge in [-0.2, -0.15) is 10.5 Å². The number of carbonyl (C=O) groups excluding carboxylic acids is 1. The average Bonchev–Trinajstić information content (AvgIpc) is 2.49. The molecule has 0 saturated carbocycles. The molecule has 0 spiro atoms. The summed E-state index contributed by atoms with van der Waals surface area (Å²) in [6, 6.07) is 15.8. The number of benzene rings is 2. The zero-order chi connectivity index (χ0) is 15.2. The van der Waals surface area contributed by atoms with E-state index in [9.17, 15) is 4.79 Å². The van der Waals surface area contributed by atoms with Crippen molar-refractivity contribution in [2.75, 3.05) is 5.32 Å². The van der Waals surface area contributed by atoms with Crippen LogP contribution in [0.15, 0.2) is 47.4 Å². The fraction of sp³-hybridized carbons (Fsp3) is 0.0625. The number of nitrogens with zero attached hydrogens (tertiary/aromatic N) is 2. The Morgan fingerprint density at radius 2 is 1.71 bits per heavy atom. The van der Waals surface area contributed by atoms with E-state index >= 15 is 0 Å². The SMILES string of the molecule is N#Cc1ccc(NC(=O)Cc2ccc(S)cc2)cc1C#N. The van der Waals surface area contributed by atoms with Crippen molar-refractivity contribution in [2.24, 2.45) is 0 Å². The van der Waals surface area contributed by atoms with Crippen molar-refractivity contribution in [3.63, 3.8) is 0 Å². The summed E-state index contributed by atoms with van der Waals surface area (Å²) in [6.45, 7) is 0. The molecule has 4 nitrogen and oxygen atoms in total. The Kier molecular flexibility index (Phi) is 4.61. The molecule has 2 rings (SSSR count). The lowest BCUT2D eigenvalue weighted by molar-refractivity contribution is -0.115. The quantitative estimate of drug-likeness (QED) is 0.854. The van der Waals surface area contributed by atoms with E-state index in [0.29, 0.717) is 11.3 Å². The Bertz CT molecular complexity index is 755. The molecule has 1 N–H and O–H groups in total. The Hall–Kier alpha value is -2.76. The van der Waals surface area contributed by atoms with Gasteiger partial charge in [-0.3, -0.25) is 4.79 Å². The first-order valence-corrected chi connectivity index (χ1v) is 6.59. The van der Waals surface area contributed by atoms with Gasteiger partial charge in [-0.25, -0.2) is 0 Å². The highest BCUT2D eigenvalue weighted by Crippen LogP contribution is 2.15. The Labute approximate surface area is 128 Å². The van der Waals surface area contributed by atoms with Gasteiger partial charge >= 0.3 is 0 Å². The number of anilines is 1. The minimum absolute atomic E-state index is 0.185. The molecule has 0 unspecified atom stereocenters. The van der Waals surface area contributed by atoms with Crippen LogP contribution in [0.4, 0.5) is 5.69 Å². The number of hydrogen-bond donors (Lipinski definition) is 2. The average molecular weight is 293 g/mol. The molecular weight excluding hydrogens is 282 g/mol. The van der Waals surface area contributed by atoms with Crippen molar-refractivity contribution < 1.29 is 4.79 Å². The van der Waals surface area contributed by atoms with E-state index in [2.05, 4.69) is 17.9 Å². The minimum atomic E-state index is -0.185. The van der Waals surface area contributed by atoms with Crippen molar-refractivity contribution in [1.82, 2.24) is 0 Å². The molecule has 0 aliphatic rings. The smallest absolute Gasteiger partial charge is 0.228 e. The van der Waals surface area contributed by atoms with Gasteiger partial charge in [0.15, 0.2) is 0 Å². The molecule has 0 bridgehead atoms. The standard InChI is InChI=1S/C16H11N3OS/c17-9-12-3-4-14(8-13(12)10-18)19-16(20)7-11-1-5-15(21)6-2-11/h1-6,8,21H,7H2,(H,19,20). The summed E-state index contributed by atoms with van der Waals surface area (Å²) in [5, 5.41) is 20.5. The second-order valence-electron chi connectivity index (χ2n) is 4.38. The number of hydrogen-bond acceptors (Lipinski definition) is 4. The highest BCUT2D eigenvalue weighted by atomic mass is 32.1. The van der Waals surface area contributed by atoms with E-state index in [0.717, 1.165) is 10.5 Å². The van der Waals surface area contributed by atoms with Gasteiger partial charge in [0.25, 0.3) is 0 Å². The van der Waals surface area contributed by atoms with E-state index in [1.165, 1.54) is 12.1 Å². The van der Waals surface area contributed by atoms with Gasteiger partial charge in [0, 0.05) is 10.6 Å². The van der Waals surface area contributed by atoms with Crippen LogP contribution in [0.3, 0.4) is 0 Å². The molecule has 102 valence electrons. The van der Waals surface area contributed by atoms with Gasteiger partial charge in [-0.15, -0.1) is 12.6 Å². The fourth-order valence-corrected chi connectivity index (χ4v) is 1.97. The molecule has 0 atom stereocenters. The zero-order valence-corrected chi connectivity index (χ0v) is 11.9. The molecule has 2 aromatic rings. The lowest BCUT2D eigenvalue weighted by Gasteiger charge is -2.06. The zero-order valence-electron chi connectivity index (χ0n) is 11.0. The second kappa shape index (κ2) is 6.60. The summed E-state index contributed by atoms with van der Waals surface area (Å²) in [6.07, 6.45) is 0.232. The molecule has 0 aromatic heterocycles. The molecular formula is C16H11N3OS. The molecule has 5 heteroatoms. The Morgan fingerprint density at radius 1 is 1.05 bits per heavy atom. The number of amides is 1. The maximum absolute atomic E-state index is 11.9. The van der Waals surface area contributed by atoms with E-state index in [4.69, 9.17) is 10.5 Å². The summed E-state index contributed by atoms with van der Waals surface area (Å²) in [4.78, 5) is 12.8. The van der Waals surface area contributed by atoms with E-state index in [-0.39, 0.29) is 17.9 Å². The first-order chi connectivity index (χ1) is 10.1. The first-order valence-electron chi connectivity index (χ1n) is 6.14. The number of nitrogens with one attached hydrogen (secondary N) is 1. The Morgan fingerprint density at radius 3 is 2.33 bits per heavy atom. The fourth-order valence-electron chi connectivity index (χ4n) is 1.82. The maximum Gasteiger partial charge on any atom is 0.228 e. The molecule has 0 radical (unpaired) electrons. The van der Waals surface area contributed by atoms with Gasteiger partial charge in [-0.05, 0) is 35.9 Å². The number of carbonyl (C=O) groups is 1. The van der Waals surface area contributed by atoms with E-state index < -0.39 is 0 Å². The van der Waals surface area contributed by atoms with Gasteiger partial charge in [0.1, 0.15) is 12.1 Å². The number of thiol groups is 1. The van der Waals surface area contributed by atoms with Crippen LogP contribution in [0.1, 0.15) is 16.7 Å². The van der Waals surface area contributed by atoms with Gasteiger partial charge in [0.2, 0.25) is 5.91 Å². The Balaban J connectivity index is 2.08. The molecule has 0 saturated heterocycles. The summed E-state index contributed by atoms with van der Waals surface area (Å²) < 4.78 is 0. The number of nitriles is 2. The largest absolute Gasteiger partial charge is 0.326 e. The van der Waals surface area contributed by atoms with Crippen LogP contribution >= 0.6 is 12.6 Å². The molecule has 1 amide bonds. The van der Waals surface area contributed by atoms with E-state index in [1.54, 1.807) is 6.07 Å². The summed E-state index contributed by atoms with van der Waals surface area (Å²) in [5.74, 6) is -0.185. The lowest BCUT2D eigenvalue weighted by atomic mass is 10.1. The number of rotatable bonds is 3. The summed E-state index contributed by atoms with van der Waals surface area (Å²) in [7, 11) is 0. The monoisotopic (exact) mass is 293 g/mol. The molecule has 0 aliphatic heterocycles. The van der Waals surface area contributed by atoms with Crippen LogP contribution in [-0.4, -0.2) is 5.91 Å². The van der Waals surface area contributed by atoms with Crippen LogP contribution in [-0.2, 0) is 11.2 Å². The summed E-state index contributed by atoms with van der Waals surface area (Å²) in [5.41, 5.74) is 1.91. The molecule has 0 fully saturated rings. The van der Waals surface area contributed by atoms with Gasteiger partial charge < -0.3 is 5.32 Å². The van der Waals surface area contributed by atoms with Crippen LogP contribution in [0.25, 0.3) is 0 Å². The molecule has 0 heterocycles. The minimum Gasteiger partial charge on any atom is -0.326 e. The van der Waals surface area contributed by atoms with Crippen molar-refractivity contribution in [3.8, 4) is 12.1 Å². The van der Waals surface area contributed by atoms with Crippen LogP contribution < -0.4 is 5.32 Å². The second-order valence-corrected chi connectivity index (χ2v) is 4.89. The topological polar surface area (TPSA) is 76.7 Å². The van der Waals surface area contributed by atoms with Gasteiger partial charge in [0.05, 0.1) is 17.5 Å². The third-order valence-electron chi connectivity index (χ3n) is 2.85. The van der Waals surface area contributed by atoms with Crippen molar-refractivity contribution in [1.29, 1.82) is 10.5 Å². The van der Waals surface area contributed by atoms with Crippen LogP contribution in [0.2, 0.25) is 0 Å². The van der Waals surface area contributed by atoms with Gasteiger partial charge in [-0.1, -0.05) is 12.1 Å². The van der Waals surface area contributed by atoms with E-state index in [1.807, 2.05) is 36.4 Å². The molecule has 2 aromatic carbocycles. The predicted molar refractivity (Wildman–Crippen MR) is 81.9 cm³/mol. The van der Waals surface area contributed by atoms with Crippen LogP contribution in [0.5, 0.6) is 0 Å². The normalized spacial score (nSPS) is 9.48. The van der Waals surface area contributed by atoms with Crippen molar-refractivity contribution >= 4 is 24.2 Å². The maximum atomic E-state index is 11.9. The predicted octanol–water partition coefficient (Wildman–Crippen LogP) is 2.90. The van der Waals surface area contributed by atoms with Crippen LogP contribution in [0, 0.1) is 22.7 Å². The third-order valence-corrected chi connectivity index (χ3v) is 3.14. The van der Waals surface area contributed by atoms with Crippen molar-refractivity contribution in [3.05, 3.63) is 59.2 Å². The highest BCUT2D eigenvalue weighted by Gasteiger charge is 2.07. The molecule has 21 heavy (non-hydrogen) atoms.